The molecule has 0 atom stereocenters. The standard InChI is InChI=1S/C20H22F2N2O4S/c1-12(2)11-23-18(25)15-6-9-17(13(3)10-15)24-19(26)14-4-7-16(8-5-14)29(27,28)20(21)22/h4-10,12,20H,11H2,1-3H3,(H,23,25)(H,24,26). The second-order valence-corrected chi connectivity index (χ2v) is 8.84. The van der Waals surface area contributed by atoms with E-state index >= 15 is 0 Å². The third kappa shape index (κ3) is 5.60. The van der Waals surface area contributed by atoms with E-state index in [-0.39, 0.29) is 11.5 Å². The average Bonchev–Trinajstić information content (AvgIpc) is 2.67. The van der Waals surface area contributed by atoms with Crippen LogP contribution in [-0.4, -0.2) is 32.5 Å². The van der Waals surface area contributed by atoms with E-state index in [0.29, 0.717) is 29.3 Å². The van der Waals surface area contributed by atoms with E-state index in [1.807, 2.05) is 13.8 Å². The maximum absolute atomic E-state index is 12.6. The summed E-state index contributed by atoms with van der Waals surface area (Å²) in [6.07, 6.45) is 0. The number of alkyl halides is 2. The molecule has 6 nitrogen and oxygen atoms in total. The Morgan fingerprint density at radius 2 is 1.55 bits per heavy atom. The fourth-order valence-corrected chi connectivity index (χ4v) is 3.16. The fourth-order valence-electron chi connectivity index (χ4n) is 2.44. The summed E-state index contributed by atoms with van der Waals surface area (Å²) < 4.78 is 48.0. The number of anilines is 1. The van der Waals surface area contributed by atoms with Crippen LogP contribution in [-0.2, 0) is 9.84 Å². The Labute approximate surface area is 168 Å². The lowest BCUT2D eigenvalue weighted by Crippen LogP contribution is -2.27. The number of carbonyl (C=O) groups excluding carboxylic acids is 2. The van der Waals surface area contributed by atoms with Crippen molar-refractivity contribution in [3.63, 3.8) is 0 Å². The van der Waals surface area contributed by atoms with E-state index < -0.39 is 26.4 Å². The van der Waals surface area contributed by atoms with Gasteiger partial charge in [-0.2, -0.15) is 8.78 Å². The van der Waals surface area contributed by atoms with Crippen molar-refractivity contribution in [3.8, 4) is 0 Å². The normalized spacial score (nSPS) is 11.6. The van der Waals surface area contributed by atoms with Crippen molar-refractivity contribution < 1.29 is 26.8 Å². The minimum atomic E-state index is -4.71. The topological polar surface area (TPSA) is 92.3 Å². The molecule has 0 aliphatic rings. The molecule has 2 N–H and O–H groups in total. The fraction of sp³-hybridized carbons (Fsp3) is 0.300. The summed E-state index contributed by atoms with van der Waals surface area (Å²) in [5.41, 5.74) is 1.70. The third-order valence-electron chi connectivity index (χ3n) is 4.09. The van der Waals surface area contributed by atoms with Crippen molar-refractivity contribution in [2.75, 3.05) is 11.9 Å². The number of amides is 2. The first-order chi connectivity index (χ1) is 13.5. The molecule has 0 spiro atoms. The van der Waals surface area contributed by atoms with E-state index in [1.165, 1.54) is 0 Å². The van der Waals surface area contributed by atoms with Crippen molar-refractivity contribution >= 4 is 27.3 Å². The van der Waals surface area contributed by atoms with Crippen LogP contribution in [0.1, 0.15) is 40.1 Å². The highest BCUT2D eigenvalue weighted by atomic mass is 32.2. The summed E-state index contributed by atoms with van der Waals surface area (Å²) >= 11 is 0. The van der Waals surface area contributed by atoms with Gasteiger partial charge >= 0.3 is 5.76 Å². The lowest BCUT2D eigenvalue weighted by molar-refractivity contribution is 0.0948. The Morgan fingerprint density at radius 3 is 2.07 bits per heavy atom. The Balaban J connectivity index is 2.12. The minimum absolute atomic E-state index is 0.108. The SMILES string of the molecule is Cc1cc(C(=O)NCC(C)C)ccc1NC(=O)c1ccc(S(=O)(=O)C(F)F)cc1. The van der Waals surface area contributed by atoms with Crippen molar-refractivity contribution in [2.24, 2.45) is 5.92 Å². The quantitative estimate of drug-likeness (QED) is 0.710. The molecule has 2 aromatic rings. The number of halogens is 2. The first-order valence-electron chi connectivity index (χ1n) is 8.84. The summed E-state index contributed by atoms with van der Waals surface area (Å²) in [7, 11) is -4.71. The van der Waals surface area contributed by atoms with Crippen LogP contribution in [0.4, 0.5) is 14.5 Å². The predicted octanol–water partition coefficient (Wildman–Crippen LogP) is 3.63. The van der Waals surface area contributed by atoms with Crippen molar-refractivity contribution in [1.29, 1.82) is 0 Å². The molecule has 0 fully saturated rings. The molecule has 0 bridgehead atoms. The van der Waals surface area contributed by atoms with E-state index in [4.69, 9.17) is 0 Å². The molecular weight excluding hydrogens is 402 g/mol. The van der Waals surface area contributed by atoms with Crippen LogP contribution in [0.2, 0.25) is 0 Å². The van der Waals surface area contributed by atoms with Crippen molar-refractivity contribution in [2.45, 2.75) is 31.4 Å². The van der Waals surface area contributed by atoms with Crippen LogP contribution >= 0.6 is 0 Å². The number of aryl methyl sites for hydroxylation is 1. The summed E-state index contributed by atoms with van der Waals surface area (Å²) in [5.74, 6) is -3.96. The monoisotopic (exact) mass is 424 g/mol. The molecule has 0 saturated carbocycles. The second kappa shape index (κ2) is 9.13. The Kier molecular flexibility index (Phi) is 7.07. The first kappa shape index (κ1) is 22.5. The number of hydrogen-bond donors (Lipinski definition) is 2. The van der Waals surface area contributed by atoms with Gasteiger partial charge in [-0.15, -0.1) is 0 Å². The lowest BCUT2D eigenvalue weighted by Gasteiger charge is -2.12. The molecule has 0 saturated heterocycles. The molecule has 2 amide bonds. The average molecular weight is 424 g/mol. The summed E-state index contributed by atoms with van der Waals surface area (Å²) in [6, 6.07) is 9.06. The molecule has 0 aromatic heterocycles. The van der Waals surface area contributed by atoms with Gasteiger partial charge in [0.2, 0.25) is 9.84 Å². The molecule has 0 unspecified atom stereocenters. The van der Waals surface area contributed by atoms with Gasteiger partial charge in [-0.3, -0.25) is 9.59 Å². The highest BCUT2D eigenvalue weighted by Crippen LogP contribution is 2.21. The van der Waals surface area contributed by atoms with Gasteiger partial charge in [0.1, 0.15) is 0 Å². The van der Waals surface area contributed by atoms with Crippen molar-refractivity contribution in [3.05, 3.63) is 59.2 Å². The van der Waals surface area contributed by atoms with Crippen LogP contribution in [0.3, 0.4) is 0 Å². The van der Waals surface area contributed by atoms with Crippen LogP contribution < -0.4 is 10.6 Å². The Hall–Kier alpha value is -2.81. The molecule has 156 valence electrons. The lowest BCUT2D eigenvalue weighted by atomic mass is 10.1. The van der Waals surface area contributed by atoms with Crippen LogP contribution in [0.15, 0.2) is 47.4 Å². The molecule has 2 rings (SSSR count). The molecule has 2 aromatic carbocycles. The smallest absolute Gasteiger partial charge is 0.341 e. The first-order valence-corrected chi connectivity index (χ1v) is 10.4. The zero-order valence-corrected chi connectivity index (χ0v) is 17.0. The summed E-state index contributed by atoms with van der Waals surface area (Å²) in [4.78, 5) is 23.9. The Bertz CT molecular complexity index is 1000. The zero-order chi connectivity index (χ0) is 21.8. The Morgan fingerprint density at radius 1 is 0.966 bits per heavy atom. The molecule has 9 heteroatoms. The maximum atomic E-state index is 12.6. The number of rotatable bonds is 7. The van der Waals surface area contributed by atoms with Gasteiger partial charge in [-0.1, -0.05) is 13.8 Å². The summed E-state index contributed by atoms with van der Waals surface area (Å²) in [6.45, 7) is 6.25. The van der Waals surface area contributed by atoms with Gasteiger partial charge in [0.05, 0.1) is 4.90 Å². The van der Waals surface area contributed by atoms with Crippen LogP contribution in [0.5, 0.6) is 0 Å². The number of benzene rings is 2. The van der Waals surface area contributed by atoms with Crippen LogP contribution in [0.25, 0.3) is 0 Å². The number of carbonyl (C=O) groups is 2. The maximum Gasteiger partial charge on any atom is 0.341 e. The molecule has 0 aliphatic heterocycles. The molecular formula is C20H22F2N2O4S. The van der Waals surface area contributed by atoms with E-state index in [1.54, 1.807) is 25.1 Å². The van der Waals surface area contributed by atoms with Crippen LogP contribution in [0, 0.1) is 12.8 Å². The van der Waals surface area contributed by atoms with Gasteiger partial charge in [-0.25, -0.2) is 8.42 Å². The predicted molar refractivity (Wildman–Crippen MR) is 106 cm³/mol. The number of nitrogens with one attached hydrogen (secondary N) is 2. The van der Waals surface area contributed by atoms with E-state index in [9.17, 15) is 26.8 Å². The zero-order valence-electron chi connectivity index (χ0n) is 16.2. The molecule has 0 radical (unpaired) electrons. The molecule has 29 heavy (non-hydrogen) atoms. The number of hydrogen-bond acceptors (Lipinski definition) is 4. The molecule has 0 aliphatic carbocycles. The van der Waals surface area contributed by atoms with E-state index in [0.717, 1.165) is 24.3 Å². The van der Waals surface area contributed by atoms with Gasteiger partial charge in [0.15, 0.2) is 0 Å². The van der Waals surface area contributed by atoms with Crippen molar-refractivity contribution in [1.82, 2.24) is 5.32 Å². The third-order valence-corrected chi connectivity index (χ3v) is 5.49. The van der Waals surface area contributed by atoms with Gasteiger partial charge in [0.25, 0.3) is 11.8 Å². The molecule has 0 heterocycles. The van der Waals surface area contributed by atoms with E-state index in [2.05, 4.69) is 10.6 Å². The van der Waals surface area contributed by atoms with Gasteiger partial charge in [-0.05, 0) is 60.9 Å². The largest absolute Gasteiger partial charge is 0.352 e. The highest BCUT2D eigenvalue weighted by Gasteiger charge is 2.26. The number of sulfone groups is 1. The minimum Gasteiger partial charge on any atom is -0.352 e. The van der Waals surface area contributed by atoms with Gasteiger partial charge < -0.3 is 10.6 Å². The second-order valence-electron chi connectivity index (χ2n) is 6.92. The summed E-state index contributed by atoms with van der Waals surface area (Å²) in [5, 5.41) is 5.46. The highest BCUT2D eigenvalue weighted by molar-refractivity contribution is 7.91. The van der Waals surface area contributed by atoms with Gasteiger partial charge in [0, 0.05) is 23.4 Å².